The number of hydrogen-bond donors (Lipinski definition) is 0. The average Bonchev–Trinajstić information content (AvgIpc) is 3.96. The van der Waals surface area contributed by atoms with Crippen LogP contribution in [0.5, 0.6) is 11.5 Å². The third-order valence-electron chi connectivity index (χ3n) is 20.2. The molecule has 10 aliphatic rings. The van der Waals surface area contributed by atoms with Crippen molar-refractivity contribution in [3.05, 3.63) is 126 Å². The molecule has 374 valence electrons. The van der Waals surface area contributed by atoms with E-state index in [9.17, 15) is 0 Å². The van der Waals surface area contributed by atoms with Crippen molar-refractivity contribution in [1.82, 2.24) is 0 Å². The lowest BCUT2D eigenvalue weighted by atomic mass is 9.54. The van der Waals surface area contributed by atoms with Crippen molar-refractivity contribution in [2.24, 2.45) is 47.3 Å². The Morgan fingerprint density at radius 2 is 0.714 bits per heavy atom. The standard InChI is InChI=1S/C65H84O5/c1-60(2,3)44-27-36-23-40-31-46(62(7,8)9)33-42(58(40)66-13)25-38-29-45(61(4,5)6)30-39-26-43-34-47(63(10,11)12)32-41(59(43)67-14)24-37(28-44)48(36)15-19-68-21-17-64-54-50-35-51-53-52(50)56(64)57(53)65(70-64,55(51)54)18-22-69-20-16-49(38)39/h27-34,50-57H,15-26,35H2,1-14H3. The van der Waals surface area contributed by atoms with E-state index >= 15 is 0 Å². The van der Waals surface area contributed by atoms with Crippen LogP contribution >= 0.6 is 0 Å². The third kappa shape index (κ3) is 6.98. The lowest BCUT2D eigenvalue weighted by Crippen LogP contribution is -2.52. The zero-order chi connectivity index (χ0) is 49.2. The summed E-state index contributed by atoms with van der Waals surface area (Å²) in [5.74, 6) is 8.57. The second kappa shape index (κ2) is 15.9. The molecule has 6 aliphatic carbocycles. The fraction of sp³-hybridized carbons (Fsp3) is 0.631. The van der Waals surface area contributed by atoms with Gasteiger partial charge in [-0.15, -0.1) is 0 Å². The minimum atomic E-state index is -0.0572. The molecule has 7 fully saturated rings. The van der Waals surface area contributed by atoms with Crippen molar-refractivity contribution < 1.29 is 23.7 Å². The molecule has 14 bridgehead atoms. The Bertz CT molecular complexity index is 2480. The first-order valence-electron chi connectivity index (χ1n) is 27.6. The largest absolute Gasteiger partial charge is 0.496 e. The second-order valence-electron chi connectivity index (χ2n) is 28.0. The molecule has 0 amide bonds. The Morgan fingerprint density at radius 1 is 0.414 bits per heavy atom. The Labute approximate surface area is 421 Å². The van der Waals surface area contributed by atoms with E-state index < -0.39 is 0 Å². The maximum absolute atomic E-state index is 7.73. The van der Waals surface area contributed by atoms with Gasteiger partial charge in [0.2, 0.25) is 0 Å². The van der Waals surface area contributed by atoms with Gasteiger partial charge >= 0.3 is 0 Å². The van der Waals surface area contributed by atoms with Crippen molar-refractivity contribution in [2.75, 3.05) is 40.6 Å². The van der Waals surface area contributed by atoms with Crippen LogP contribution in [0.2, 0.25) is 0 Å². The number of benzene rings is 4. The Morgan fingerprint density at radius 3 is 1.00 bits per heavy atom. The van der Waals surface area contributed by atoms with Crippen LogP contribution in [-0.4, -0.2) is 51.8 Å². The molecule has 5 saturated carbocycles. The van der Waals surface area contributed by atoms with Crippen LogP contribution in [0, 0.1) is 47.3 Å². The highest BCUT2D eigenvalue weighted by molar-refractivity contribution is 5.58. The fourth-order valence-electron chi connectivity index (χ4n) is 17.3. The summed E-state index contributed by atoms with van der Waals surface area (Å²) in [5, 5.41) is 0. The molecule has 4 aromatic carbocycles. The summed E-state index contributed by atoms with van der Waals surface area (Å²) in [6.07, 6.45) is 8.37. The lowest BCUT2D eigenvalue weighted by molar-refractivity contribution is -0.0957. The molecule has 0 radical (unpaired) electrons. The SMILES string of the molecule is COc1c2cc(C(C)(C)C)cc1Cc1cc(C(C)(C)C)cc3c1CCOCCC14OC5(CCOCCc6c(cc(C(C)(C)C)cc6Cc6cc(C(C)(C)C)cc(c6OC)C3)C2)C2C3CC(C6C3C5C61)C24. The van der Waals surface area contributed by atoms with E-state index in [1.807, 2.05) is 14.2 Å². The highest BCUT2D eigenvalue weighted by atomic mass is 16.6. The van der Waals surface area contributed by atoms with Crippen molar-refractivity contribution in [2.45, 2.75) is 174 Å². The van der Waals surface area contributed by atoms with E-state index in [0.29, 0.717) is 13.2 Å². The zero-order valence-electron chi connectivity index (χ0n) is 45.5. The number of fused-ring (bicyclic) bond motifs is 8. The molecular formula is C65H84O5. The number of methoxy groups -OCH3 is 2. The molecule has 4 heterocycles. The van der Waals surface area contributed by atoms with Crippen LogP contribution in [-0.2, 0) is 74.4 Å². The van der Waals surface area contributed by atoms with Crippen molar-refractivity contribution in [3.8, 4) is 11.5 Å². The van der Waals surface area contributed by atoms with Crippen LogP contribution in [0.15, 0.2) is 48.5 Å². The van der Waals surface area contributed by atoms with Crippen LogP contribution < -0.4 is 9.47 Å². The van der Waals surface area contributed by atoms with Gasteiger partial charge in [-0.2, -0.15) is 0 Å². The molecule has 5 nitrogen and oxygen atoms in total. The van der Waals surface area contributed by atoms with E-state index in [1.54, 1.807) is 0 Å². The molecule has 4 aliphatic heterocycles. The minimum Gasteiger partial charge on any atom is -0.496 e. The first-order valence-corrected chi connectivity index (χ1v) is 27.6. The van der Waals surface area contributed by atoms with Gasteiger partial charge in [-0.3, -0.25) is 0 Å². The average molecular weight is 945 g/mol. The molecular weight excluding hydrogens is 861 g/mol. The van der Waals surface area contributed by atoms with Gasteiger partial charge in [0.15, 0.2) is 0 Å². The van der Waals surface area contributed by atoms with E-state index in [2.05, 4.69) is 132 Å². The van der Waals surface area contributed by atoms with Gasteiger partial charge in [-0.1, -0.05) is 132 Å². The molecule has 10 atom stereocenters. The topological polar surface area (TPSA) is 46.2 Å². The van der Waals surface area contributed by atoms with Gasteiger partial charge < -0.3 is 23.7 Å². The van der Waals surface area contributed by atoms with Gasteiger partial charge in [-0.05, 0) is 166 Å². The highest BCUT2D eigenvalue weighted by Gasteiger charge is 2.96. The quantitative estimate of drug-likeness (QED) is 0.176. The summed E-state index contributed by atoms with van der Waals surface area (Å²) < 4.78 is 35.1. The summed E-state index contributed by atoms with van der Waals surface area (Å²) in [4.78, 5) is 0. The van der Waals surface area contributed by atoms with Crippen LogP contribution in [0.25, 0.3) is 0 Å². The highest BCUT2D eigenvalue weighted by Crippen LogP contribution is 2.94. The van der Waals surface area contributed by atoms with Crippen LogP contribution in [0.1, 0.15) is 180 Å². The number of ether oxygens (including phenoxy) is 5. The summed E-state index contributed by atoms with van der Waals surface area (Å²) in [6, 6.07) is 20.0. The molecule has 0 N–H and O–H groups in total. The minimum absolute atomic E-state index is 0.0162. The summed E-state index contributed by atoms with van der Waals surface area (Å²) in [6.45, 7) is 31.3. The van der Waals surface area contributed by atoms with Crippen LogP contribution in [0.4, 0.5) is 0 Å². The monoisotopic (exact) mass is 945 g/mol. The molecule has 2 saturated heterocycles. The van der Waals surface area contributed by atoms with Gasteiger partial charge in [0, 0.05) is 51.7 Å². The fourth-order valence-corrected chi connectivity index (χ4v) is 17.3. The van der Waals surface area contributed by atoms with Gasteiger partial charge in [-0.25, -0.2) is 0 Å². The number of hydrogen-bond acceptors (Lipinski definition) is 5. The predicted molar refractivity (Wildman–Crippen MR) is 282 cm³/mol. The Kier molecular flexibility index (Phi) is 10.8. The molecule has 14 rings (SSSR count). The van der Waals surface area contributed by atoms with E-state index in [4.69, 9.17) is 23.7 Å². The Balaban J connectivity index is 1.08. The van der Waals surface area contributed by atoms with E-state index in [-0.39, 0.29) is 32.9 Å². The predicted octanol–water partition coefficient (Wildman–Crippen LogP) is 13.4. The van der Waals surface area contributed by atoms with Gasteiger partial charge in [0.25, 0.3) is 0 Å². The summed E-state index contributed by atoms with van der Waals surface area (Å²) >= 11 is 0. The normalized spacial score (nSPS) is 31.9. The maximum Gasteiger partial charge on any atom is 0.125 e. The van der Waals surface area contributed by atoms with E-state index in [0.717, 1.165) is 123 Å². The van der Waals surface area contributed by atoms with Gasteiger partial charge in [0.05, 0.1) is 38.6 Å². The molecule has 10 unspecified atom stereocenters. The summed E-state index contributed by atoms with van der Waals surface area (Å²) in [7, 11) is 3.80. The second-order valence-corrected chi connectivity index (χ2v) is 28.0. The molecule has 4 aromatic rings. The van der Waals surface area contributed by atoms with Crippen LogP contribution in [0.3, 0.4) is 0 Å². The Hall–Kier alpha value is -3.64. The number of rotatable bonds is 2. The smallest absolute Gasteiger partial charge is 0.125 e. The van der Waals surface area contributed by atoms with Crippen molar-refractivity contribution >= 4 is 0 Å². The summed E-state index contributed by atoms with van der Waals surface area (Å²) in [5.41, 5.74) is 18.6. The zero-order valence-corrected chi connectivity index (χ0v) is 45.5. The van der Waals surface area contributed by atoms with Gasteiger partial charge in [0.1, 0.15) is 11.5 Å². The molecule has 5 heteroatoms. The first kappa shape index (κ1) is 47.4. The van der Waals surface area contributed by atoms with E-state index in [1.165, 1.54) is 84.3 Å². The van der Waals surface area contributed by atoms with Crippen molar-refractivity contribution in [3.63, 3.8) is 0 Å². The maximum atomic E-state index is 7.73. The van der Waals surface area contributed by atoms with Crippen molar-refractivity contribution in [1.29, 1.82) is 0 Å². The first-order chi connectivity index (χ1) is 33.1. The molecule has 0 aromatic heterocycles. The molecule has 2 spiro atoms. The molecule has 70 heavy (non-hydrogen) atoms. The third-order valence-corrected chi connectivity index (χ3v) is 20.2. The lowest BCUT2D eigenvalue weighted by Gasteiger charge is -2.48.